The van der Waals surface area contributed by atoms with Crippen LogP contribution in [0.1, 0.15) is 12.5 Å². The maximum absolute atomic E-state index is 12.2. The number of aliphatic carboxylic acids is 1. The Morgan fingerprint density at radius 2 is 1.84 bits per heavy atom. The first-order chi connectivity index (χ1) is 8.82. The van der Waals surface area contributed by atoms with Gasteiger partial charge in [-0.1, -0.05) is 24.6 Å². The van der Waals surface area contributed by atoms with Crippen LogP contribution in [0.4, 0.5) is 0 Å². The van der Waals surface area contributed by atoms with Crippen molar-refractivity contribution in [3.63, 3.8) is 0 Å². The van der Waals surface area contributed by atoms with Crippen LogP contribution >= 0.6 is 0 Å². The topological polar surface area (TPSA) is 74.7 Å². The van der Waals surface area contributed by atoms with Gasteiger partial charge < -0.3 is 5.11 Å². The number of nitrogens with zero attached hydrogens (tertiary/aromatic N) is 1. The SMILES string of the molecule is Cc1ccc(S(=O)(=O)N2CC(C(C)C(=O)O)C2)cc1. The van der Waals surface area contributed by atoms with E-state index in [2.05, 4.69) is 0 Å². The maximum atomic E-state index is 12.2. The monoisotopic (exact) mass is 283 g/mol. The van der Waals surface area contributed by atoms with Crippen LogP contribution in [0.25, 0.3) is 0 Å². The van der Waals surface area contributed by atoms with Gasteiger partial charge in [-0.3, -0.25) is 4.79 Å². The molecule has 1 aromatic rings. The number of carbonyl (C=O) groups is 1. The highest BCUT2D eigenvalue weighted by molar-refractivity contribution is 7.89. The molecule has 1 atom stereocenters. The van der Waals surface area contributed by atoms with Crippen molar-refractivity contribution in [1.29, 1.82) is 0 Å². The Kier molecular flexibility index (Phi) is 3.64. The summed E-state index contributed by atoms with van der Waals surface area (Å²) in [6, 6.07) is 6.67. The van der Waals surface area contributed by atoms with Gasteiger partial charge in [-0.2, -0.15) is 4.31 Å². The van der Waals surface area contributed by atoms with E-state index in [0.717, 1.165) is 5.56 Å². The van der Waals surface area contributed by atoms with Crippen LogP contribution in [-0.2, 0) is 14.8 Å². The minimum atomic E-state index is -3.47. The Morgan fingerprint density at radius 1 is 1.32 bits per heavy atom. The molecule has 6 heteroatoms. The van der Waals surface area contributed by atoms with Crippen molar-refractivity contribution in [1.82, 2.24) is 4.31 Å². The predicted octanol–water partition coefficient (Wildman–Crippen LogP) is 1.34. The molecule has 0 amide bonds. The molecular formula is C13H17NO4S. The van der Waals surface area contributed by atoms with Crippen molar-refractivity contribution in [3.8, 4) is 0 Å². The van der Waals surface area contributed by atoms with Crippen molar-refractivity contribution < 1.29 is 18.3 Å². The Bertz CT molecular complexity index is 573. The zero-order valence-electron chi connectivity index (χ0n) is 10.9. The van der Waals surface area contributed by atoms with Crippen LogP contribution in [0.2, 0.25) is 0 Å². The smallest absolute Gasteiger partial charge is 0.306 e. The van der Waals surface area contributed by atoms with E-state index in [1.165, 1.54) is 4.31 Å². The van der Waals surface area contributed by atoms with Crippen LogP contribution in [0.3, 0.4) is 0 Å². The van der Waals surface area contributed by atoms with Crippen LogP contribution < -0.4 is 0 Å². The fourth-order valence-electron chi connectivity index (χ4n) is 2.04. The third kappa shape index (κ3) is 2.64. The summed E-state index contributed by atoms with van der Waals surface area (Å²) < 4.78 is 25.8. The molecule has 1 N–H and O–H groups in total. The lowest BCUT2D eigenvalue weighted by Crippen LogP contribution is -2.53. The molecule has 1 heterocycles. The third-order valence-electron chi connectivity index (χ3n) is 3.63. The molecule has 1 saturated heterocycles. The van der Waals surface area contributed by atoms with Gasteiger partial charge in [0.2, 0.25) is 10.0 Å². The van der Waals surface area contributed by atoms with Gasteiger partial charge in [0.1, 0.15) is 0 Å². The summed E-state index contributed by atoms with van der Waals surface area (Å²) in [4.78, 5) is 11.1. The highest BCUT2D eigenvalue weighted by atomic mass is 32.2. The van der Waals surface area contributed by atoms with E-state index >= 15 is 0 Å². The summed E-state index contributed by atoms with van der Waals surface area (Å²) in [5.41, 5.74) is 1.000. The molecule has 1 aliphatic heterocycles. The summed E-state index contributed by atoms with van der Waals surface area (Å²) in [7, 11) is -3.47. The standard InChI is InChI=1S/C13H17NO4S/c1-9-3-5-12(6-4-9)19(17,18)14-7-11(8-14)10(2)13(15)16/h3-6,10-11H,7-8H2,1-2H3,(H,15,16). The quantitative estimate of drug-likeness (QED) is 0.904. The Morgan fingerprint density at radius 3 is 2.32 bits per heavy atom. The molecular weight excluding hydrogens is 266 g/mol. The van der Waals surface area contributed by atoms with Crippen molar-refractivity contribution in [3.05, 3.63) is 29.8 Å². The van der Waals surface area contributed by atoms with Crippen LogP contribution in [-0.4, -0.2) is 36.9 Å². The molecule has 104 valence electrons. The van der Waals surface area contributed by atoms with Crippen LogP contribution in [0.15, 0.2) is 29.2 Å². The van der Waals surface area contributed by atoms with Gasteiger partial charge >= 0.3 is 5.97 Å². The molecule has 0 aromatic heterocycles. The summed E-state index contributed by atoms with van der Waals surface area (Å²) in [6.45, 7) is 4.07. The molecule has 1 unspecified atom stereocenters. The minimum absolute atomic E-state index is 0.0993. The van der Waals surface area contributed by atoms with Gasteiger partial charge in [-0.15, -0.1) is 0 Å². The van der Waals surface area contributed by atoms with E-state index in [9.17, 15) is 13.2 Å². The second kappa shape index (κ2) is 4.94. The Balaban J connectivity index is 2.08. The molecule has 0 spiro atoms. The second-order valence-electron chi connectivity index (χ2n) is 5.02. The van der Waals surface area contributed by atoms with E-state index < -0.39 is 21.9 Å². The number of carboxylic acid groups (broad SMARTS) is 1. The van der Waals surface area contributed by atoms with E-state index in [1.807, 2.05) is 6.92 Å². The third-order valence-corrected chi connectivity index (χ3v) is 5.48. The number of carboxylic acids is 1. The minimum Gasteiger partial charge on any atom is -0.481 e. The fraction of sp³-hybridized carbons (Fsp3) is 0.462. The van der Waals surface area contributed by atoms with E-state index in [4.69, 9.17) is 5.11 Å². The zero-order chi connectivity index (χ0) is 14.2. The van der Waals surface area contributed by atoms with Gasteiger partial charge in [-0.25, -0.2) is 8.42 Å². The van der Waals surface area contributed by atoms with Gasteiger partial charge in [-0.05, 0) is 25.0 Å². The molecule has 19 heavy (non-hydrogen) atoms. The van der Waals surface area contributed by atoms with Crippen LogP contribution in [0, 0.1) is 18.8 Å². The van der Waals surface area contributed by atoms with Crippen molar-refractivity contribution in [2.24, 2.45) is 11.8 Å². The zero-order valence-corrected chi connectivity index (χ0v) is 11.7. The summed E-state index contributed by atoms with van der Waals surface area (Å²) in [5.74, 6) is -1.49. The lowest BCUT2D eigenvalue weighted by Gasteiger charge is -2.39. The number of hydrogen-bond donors (Lipinski definition) is 1. The number of aryl methyl sites for hydroxylation is 1. The largest absolute Gasteiger partial charge is 0.481 e. The molecule has 1 aliphatic rings. The summed E-state index contributed by atoms with van der Waals surface area (Å²) >= 11 is 0. The number of sulfonamides is 1. The van der Waals surface area contributed by atoms with Crippen molar-refractivity contribution in [2.45, 2.75) is 18.7 Å². The molecule has 1 aromatic carbocycles. The summed E-state index contributed by atoms with van der Waals surface area (Å²) in [5, 5.41) is 8.89. The van der Waals surface area contributed by atoms with E-state index in [0.29, 0.717) is 0 Å². The van der Waals surface area contributed by atoms with Gasteiger partial charge in [0.05, 0.1) is 10.8 Å². The van der Waals surface area contributed by atoms with Crippen LogP contribution in [0.5, 0.6) is 0 Å². The predicted molar refractivity (Wildman–Crippen MR) is 70.2 cm³/mol. The second-order valence-corrected chi connectivity index (χ2v) is 6.96. The van der Waals surface area contributed by atoms with Gasteiger partial charge in [0.15, 0.2) is 0 Å². The molecule has 0 bridgehead atoms. The van der Waals surface area contributed by atoms with E-state index in [-0.39, 0.29) is 23.9 Å². The maximum Gasteiger partial charge on any atom is 0.306 e. The Hall–Kier alpha value is -1.40. The lowest BCUT2D eigenvalue weighted by molar-refractivity contribution is -0.144. The molecule has 0 radical (unpaired) electrons. The lowest BCUT2D eigenvalue weighted by atomic mass is 9.89. The first-order valence-electron chi connectivity index (χ1n) is 6.12. The first kappa shape index (κ1) is 14.0. The average Bonchev–Trinajstić information content (AvgIpc) is 2.26. The van der Waals surface area contributed by atoms with E-state index in [1.54, 1.807) is 31.2 Å². The highest BCUT2D eigenvalue weighted by Crippen LogP contribution is 2.29. The normalized spacial score (nSPS) is 18.8. The molecule has 0 aliphatic carbocycles. The first-order valence-corrected chi connectivity index (χ1v) is 7.56. The average molecular weight is 283 g/mol. The van der Waals surface area contributed by atoms with Crippen molar-refractivity contribution in [2.75, 3.05) is 13.1 Å². The molecule has 2 rings (SSSR count). The summed E-state index contributed by atoms with van der Waals surface area (Å²) in [6.07, 6.45) is 0. The highest BCUT2D eigenvalue weighted by Gasteiger charge is 2.41. The number of benzene rings is 1. The Labute approximate surface area is 112 Å². The molecule has 0 saturated carbocycles. The number of hydrogen-bond acceptors (Lipinski definition) is 3. The van der Waals surface area contributed by atoms with Crippen molar-refractivity contribution >= 4 is 16.0 Å². The molecule has 5 nitrogen and oxygen atoms in total. The van der Waals surface area contributed by atoms with Gasteiger partial charge in [0, 0.05) is 13.1 Å². The fourth-order valence-corrected chi connectivity index (χ4v) is 3.60. The number of rotatable bonds is 4. The van der Waals surface area contributed by atoms with Gasteiger partial charge in [0.25, 0.3) is 0 Å². The molecule has 1 fully saturated rings.